The topological polar surface area (TPSA) is 87.4 Å². The van der Waals surface area contributed by atoms with Crippen molar-refractivity contribution in [1.29, 1.82) is 5.26 Å². The Bertz CT molecular complexity index is 1570. The van der Waals surface area contributed by atoms with E-state index >= 15 is 0 Å². The number of halogens is 2. The fourth-order valence-corrected chi connectivity index (χ4v) is 5.37. The lowest BCUT2D eigenvalue weighted by Crippen LogP contribution is -2.31. The number of fused-ring (bicyclic) bond motifs is 1. The van der Waals surface area contributed by atoms with Crippen molar-refractivity contribution in [3.63, 3.8) is 0 Å². The highest BCUT2D eigenvalue weighted by molar-refractivity contribution is 6.32. The van der Waals surface area contributed by atoms with Crippen LogP contribution in [0.5, 0.6) is 11.5 Å². The zero-order chi connectivity index (χ0) is 28.8. The molecule has 6 nitrogen and oxygen atoms in total. The molecule has 2 atom stereocenters. The van der Waals surface area contributed by atoms with Crippen LogP contribution in [-0.4, -0.2) is 22.7 Å². The van der Waals surface area contributed by atoms with Crippen LogP contribution in [0.4, 0.5) is 4.39 Å². The van der Waals surface area contributed by atoms with Crippen LogP contribution >= 0.6 is 11.6 Å². The number of benzene rings is 3. The fraction of sp³-hybridized carbons (Fsp3) is 0.273. The molecule has 1 heterocycles. The predicted molar refractivity (Wildman–Crippen MR) is 156 cm³/mol. The number of rotatable bonds is 11. The van der Waals surface area contributed by atoms with Crippen LogP contribution in [-0.2, 0) is 19.6 Å². The maximum atomic E-state index is 14.6. The van der Waals surface area contributed by atoms with Crippen molar-refractivity contribution in [2.24, 2.45) is 0 Å². The lowest BCUT2D eigenvalue weighted by Gasteiger charge is -2.21. The van der Waals surface area contributed by atoms with Gasteiger partial charge in [-0.05, 0) is 54.2 Å². The van der Waals surface area contributed by atoms with Gasteiger partial charge >= 0.3 is 0 Å². The van der Waals surface area contributed by atoms with Gasteiger partial charge in [-0.3, -0.25) is 4.98 Å². The van der Waals surface area contributed by atoms with E-state index in [1.807, 2.05) is 37.3 Å². The highest BCUT2D eigenvalue weighted by atomic mass is 35.5. The lowest BCUT2D eigenvalue weighted by molar-refractivity contribution is 0.205. The number of nitrogens with zero attached hydrogens (tertiary/aromatic N) is 2. The van der Waals surface area contributed by atoms with E-state index in [1.54, 1.807) is 30.5 Å². The van der Waals surface area contributed by atoms with Gasteiger partial charge in [0.25, 0.3) is 0 Å². The summed E-state index contributed by atoms with van der Waals surface area (Å²) in [6.45, 7) is 2.65. The van der Waals surface area contributed by atoms with Gasteiger partial charge in [0.1, 0.15) is 36.1 Å². The number of hydrogen-bond acceptors (Lipinski definition) is 6. The van der Waals surface area contributed by atoms with Crippen LogP contribution < -0.4 is 14.8 Å². The molecule has 0 aliphatic heterocycles. The average Bonchev–Trinajstić information content (AvgIpc) is 3.41. The molecular formula is C33H31ClFN3O3. The Morgan fingerprint density at radius 3 is 2.73 bits per heavy atom. The van der Waals surface area contributed by atoms with Crippen LogP contribution in [0.15, 0.2) is 73.1 Å². The summed E-state index contributed by atoms with van der Waals surface area (Å²) in [7, 11) is 0. The summed E-state index contributed by atoms with van der Waals surface area (Å²) in [6, 6.07) is 20.1. The third-order valence-corrected chi connectivity index (χ3v) is 7.67. The Kier molecular flexibility index (Phi) is 9.15. The van der Waals surface area contributed by atoms with E-state index in [0.29, 0.717) is 34.2 Å². The molecular weight excluding hydrogens is 541 g/mol. The van der Waals surface area contributed by atoms with E-state index in [2.05, 4.69) is 16.4 Å². The molecule has 0 radical (unpaired) electrons. The Morgan fingerprint density at radius 2 is 1.95 bits per heavy atom. The van der Waals surface area contributed by atoms with Crippen molar-refractivity contribution >= 4 is 11.6 Å². The largest absolute Gasteiger partial charge is 0.488 e. The molecule has 2 N–H and O–H groups in total. The van der Waals surface area contributed by atoms with Gasteiger partial charge in [0.15, 0.2) is 0 Å². The highest BCUT2D eigenvalue weighted by Gasteiger charge is 2.28. The SMILES string of the molecule is CC[C@@H](CO)NCc1cc(Cl)c(O[C@@H]2CCc3c(-c4ccccc4F)cccc32)cc1OCc1cncc(C#N)c1. The Morgan fingerprint density at radius 1 is 1.12 bits per heavy atom. The van der Waals surface area contributed by atoms with Gasteiger partial charge in [-0.25, -0.2) is 4.39 Å². The number of nitrogens with one attached hydrogen (secondary N) is 1. The molecule has 1 aliphatic rings. The minimum atomic E-state index is -0.249. The van der Waals surface area contributed by atoms with Crippen molar-refractivity contribution in [1.82, 2.24) is 10.3 Å². The van der Waals surface area contributed by atoms with Crippen LogP contribution in [0.3, 0.4) is 0 Å². The minimum absolute atomic E-state index is 0.0181. The molecule has 0 bridgehead atoms. The molecule has 5 rings (SSSR count). The maximum absolute atomic E-state index is 14.6. The number of ether oxygens (including phenoxy) is 2. The standard InChI is InChI=1S/C33H31ClFN3O3/c1-2-24(19-39)38-18-23-13-29(34)33(14-32(23)40-20-22-12-21(15-36)16-37-17-22)41-31-11-10-26-25(7-5-8-28(26)31)27-6-3-4-9-30(27)35/h3-9,12-14,16-17,24,31,38-39H,2,10-11,18-20H2,1H3/t24-,31+/m0/s1. The molecule has 0 unspecified atom stereocenters. The fourth-order valence-electron chi connectivity index (χ4n) is 5.14. The molecule has 0 saturated heterocycles. The van der Waals surface area contributed by atoms with Crippen LogP contribution in [0.1, 0.15) is 53.7 Å². The van der Waals surface area contributed by atoms with E-state index in [-0.39, 0.29) is 31.2 Å². The number of nitriles is 1. The quantitative estimate of drug-likeness (QED) is 0.203. The van der Waals surface area contributed by atoms with Crippen molar-refractivity contribution in [3.05, 3.63) is 112 Å². The van der Waals surface area contributed by atoms with Gasteiger partial charge in [0, 0.05) is 47.7 Å². The minimum Gasteiger partial charge on any atom is -0.488 e. The molecule has 0 fully saturated rings. The van der Waals surface area contributed by atoms with Gasteiger partial charge in [0.05, 0.1) is 17.2 Å². The van der Waals surface area contributed by atoms with Gasteiger partial charge in [-0.15, -0.1) is 0 Å². The van der Waals surface area contributed by atoms with Crippen molar-refractivity contribution < 1.29 is 19.0 Å². The lowest BCUT2D eigenvalue weighted by atomic mass is 9.96. The first-order valence-electron chi connectivity index (χ1n) is 13.7. The third kappa shape index (κ3) is 6.52. The predicted octanol–water partition coefficient (Wildman–Crippen LogP) is 6.92. The van der Waals surface area contributed by atoms with Crippen molar-refractivity contribution in [2.45, 2.75) is 51.5 Å². The highest BCUT2D eigenvalue weighted by Crippen LogP contribution is 2.43. The Hall–Kier alpha value is -3.96. The number of aliphatic hydroxyl groups excluding tert-OH is 1. The molecule has 0 saturated carbocycles. The van der Waals surface area contributed by atoms with Crippen LogP contribution in [0, 0.1) is 17.1 Å². The van der Waals surface area contributed by atoms with Gasteiger partial charge in [-0.1, -0.05) is 54.9 Å². The normalized spacial score (nSPS) is 14.8. The zero-order valence-corrected chi connectivity index (χ0v) is 23.5. The summed E-state index contributed by atoms with van der Waals surface area (Å²) in [4.78, 5) is 4.12. The van der Waals surface area contributed by atoms with Gasteiger partial charge in [-0.2, -0.15) is 5.26 Å². The third-order valence-electron chi connectivity index (χ3n) is 7.38. The number of pyridine rings is 1. The average molecular weight is 572 g/mol. The van der Waals surface area contributed by atoms with E-state index in [4.69, 9.17) is 21.1 Å². The van der Waals surface area contributed by atoms with Gasteiger partial charge in [0.2, 0.25) is 0 Å². The number of hydrogen-bond donors (Lipinski definition) is 2. The summed E-state index contributed by atoms with van der Waals surface area (Å²) in [5.74, 6) is 0.810. The van der Waals surface area contributed by atoms with Gasteiger partial charge < -0.3 is 19.9 Å². The first kappa shape index (κ1) is 28.6. The molecule has 0 amide bonds. The summed E-state index contributed by atoms with van der Waals surface area (Å²) in [5, 5.41) is 22.6. The second kappa shape index (κ2) is 13.1. The summed E-state index contributed by atoms with van der Waals surface area (Å²) < 4.78 is 27.3. The van der Waals surface area contributed by atoms with Crippen molar-refractivity contribution in [2.75, 3.05) is 6.61 Å². The molecule has 1 aromatic heterocycles. The Balaban J connectivity index is 1.42. The number of aliphatic hydroxyl groups is 1. The summed E-state index contributed by atoms with van der Waals surface area (Å²) in [6.07, 6.45) is 5.18. The summed E-state index contributed by atoms with van der Waals surface area (Å²) >= 11 is 6.74. The van der Waals surface area contributed by atoms with Crippen LogP contribution in [0.25, 0.3) is 11.1 Å². The number of aromatic nitrogens is 1. The van der Waals surface area contributed by atoms with E-state index in [1.165, 1.54) is 12.3 Å². The first-order chi connectivity index (χ1) is 20.0. The first-order valence-corrected chi connectivity index (χ1v) is 14.0. The Labute approximate surface area is 244 Å². The van der Waals surface area contributed by atoms with E-state index < -0.39 is 0 Å². The zero-order valence-electron chi connectivity index (χ0n) is 22.7. The molecule has 210 valence electrons. The monoisotopic (exact) mass is 571 g/mol. The molecule has 0 spiro atoms. The molecule has 4 aromatic rings. The van der Waals surface area contributed by atoms with E-state index in [9.17, 15) is 14.8 Å². The molecule has 8 heteroatoms. The van der Waals surface area contributed by atoms with Crippen LogP contribution in [0.2, 0.25) is 5.02 Å². The van der Waals surface area contributed by atoms with E-state index in [0.717, 1.165) is 47.1 Å². The smallest absolute Gasteiger partial charge is 0.142 e. The maximum Gasteiger partial charge on any atom is 0.142 e. The summed E-state index contributed by atoms with van der Waals surface area (Å²) in [5.41, 5.74) is 5.58. The second-order valence-electron chi connectivity index (χ2n) is 10.0. The van der Waals surface area contributed by atoms with Crippen molar-refractivity contribution in [3.8, 4) is 28.7 Å². The molecule has 1 aliphatic carbocycles. The second-order valence-corrected chi connectivity index (χ2v) is 10.4. The molecule has 3 aromatic carbocycles. The molecule has 41 heavy (non-hydrogen) atoms.